The molecule has 0 aliphatic carbocycles. The second-order valence-electron chi connectivity index (χ2n) is 18.2. The van der Waals surface area contributed by atoms with E-state index < -0.39 is 41.6 Å². The summed E-state index contributed by atoms with van der Waals surface area (Å²) in [5.41, 5.74) is 1.14. The number of amides is 4. The van der Waals surface area contributed by atoms with Gasteiger partial charge in [0.15, 0.2) is 0 Å². The number of carbonyl (C=O) groups is 4. The van der Waals surface area contributed by atoms with Crippen molar-refractivity contribution in [1.82, 2.24) is 30.1 Å². The molecule has 7 rings (SSSR count). The molecule has 0 bridgehead atoms. The fourth-order valence-corrected chi connectivity index (χ4v) is 9.20. The third kappa shape index (κ3) is 11.6. The van der Waals surface area contributed by atoms with Gasteiger partial charge in [0.1, 0.15) is 23.4 Å². The van der Waals surface area contributed by atoms with Gasteiger partial charge in [-0.3, -0.25) is 14.4 Å². The highest BCUT2D eigenvalue weighted by atomic mass is 35.5. The second-order valence-corrected chi connectivity index (χ2v) is 18.6. The maximum Gasteiger partial charge on any atom is 0.573 e. The van der Waals surface area contributed by atoms with Crippen LogP contribution in [0.15, 0.2) is 60.9 Å². The third-order valence-electron chi connectivity index (χ3n) is 12.4. The molecule has 360 valence electrons. The number of rotatable bonds is 12. The fourth-order valence-electron chi connectivity index (χ4n) is 8.98. The molecule has 3 saturated heterocycles. The van der Waals surface area contributed by atoms with E-state index in [4.69, 9.17) is 25.8 Å². The summed E-state index contributed by atoms with van der Waals surface area (Å²) in [6.07, 6.45) is -1.05. The number of imidazole rings is 1. The van der Waals surface area contributed by atoms with Gasteiger partial charge in [-0.25, -0.2) is 14.8 Å². The zero-order chi connectivity index (χ0) is 48.2. The Kier molecular flexibility index (Phi) is 15.0. The summed E-state index contributed by atoms with van der Waals surface area (Å²) in [4.78, 5) is 71.0. The molecule has 2 aromatic carbocycles. The van der Waals surface area contributed by atoms with E-state index in [1.165, 1.54) is 19.4 Å². The quantitative estimate of drug-likeness (QED) is 0.127. The van der Waals surface area contributed by atoms with E-state index in [0.29, 0.717) is 93.7 Å². The van der Waals surface area contributed by atoms with Crippen molar-refractivity contribution in [3.8, 4) is 28.1 Å². The SMILES string of the molecule is COC[C@H]1C[C@@H](c2ncc(-c3ccc(-c4cc(Cl)c(NC(=O)c5ccc(N6CCN(C(=O)C(C)(C)C)C[C@H]6C)nc5)cc4OC(F)(F)F)cc3)[nH]2)N(C(=O)[C@@H](NC(=O)OC)C2CCOCC2)C1. The molecule has 0 spiro atoms. The van der Waals surface area contributed by atoms with Crippen LogP contribution in [-0.4, -0.2) is 127 Å². The molecule has 4 amide bonds. The number of benzene rings is 2. The minimum atomic E-state index is -5.07. The Morgan fingerprint density at radius 1 is 0.955 bits per heavy atom. The number of aromatic amines is 1. The van der Waals surface area contributed by atoms with Crippen molar-refractivity contribution in [3.05, 3.63) is 77.3 Å². The number of anilines is 2. The highest BCUT2D eigenvalue weighted by molar-refractivity contribution is 6.34. The van der Waals surface area contributed by atoms with Gasteiger partial charge in [-0.1, -0.05) is 56.6 Å². The van der Waals surface area contributed by atoms with Crippen LogP contribution in [0.5, 0.6) is 5.75 Å². The molecule has 0 radical (unpaired) electrons. The maximum atomic E-state index is 14.3. The van der Waals surface area contributed by atoms with Gasteiger partial charge in [-0.15, -0.1) is 13.2 Å². The van der Waals surface area contributed by atoms with Gasteiger partial charge in [-0.05, 0) is 61.4 Å². The summed E-state index contributed by atoms with van der Waals surface area (Å²) in [7, 11) is 2.84. The van der Waals surface area contributed by atoms with Gasteiger partial charge >= 0.3 is 12.5 Å². The number of halogens is 4. The molecule has 5 heterocycles. The van der Waals surface area contributed by atoms with Gasteiger partial charge in [0, 0.05) is 81.7 Å². The molecule has 3 fully saturated rings. The monoisotopic (exact) mass is 952 g/mol. The largest absolute Gasteiger partial charge is 0.573 e. The van der Waals surface area contributed by atoms with Crippen LogP contribution in [-0.2, 0) is 23.8 Å². The van der Waals surface area contributed by atoms with Crippen molar-refractivity contribution < 1.29 is 51.3 Å². The number of methoxy groups -OCH3 is 2. The minimum Gasteiger partial charge on any atom is -0.453 e. The number of ether oxygens (including phenoxy) is 4. The van der Waals surface area contributed by atoms with Crippen LogP contribution in [0.3, 0.4) is 0 Å². The predicted molar refractivity (Wildman–Crippen MR) is 243 cm³/mol. The molecular formula is C47H56ClF3N8O8. The molecule has 3 N–H and O–H groups in total. The third-order valence-corrected chi connectivity index (χ3v) is 12.7. The van der Waals surface area contributed by atoms with Crippen LogP contribution >= 0.6 is 11.6 Å². The lowest BCUT2D eigenvalue weighted by Gasteiger charge is -2.42. The lowest BCUT2D eigenvalue weighted by molar-refractivity contribution is -0.274. The first-order valence-corrected chi connectivity index (χ1v) is 22.5. The van der Waals surface area contributed by atoms with Crippen LogP contribution in [0.4, 0.5) is 29.5 Å². The fraction of sp³-hybridized carbons (Fsp3) is 0.489. The Balaban J connectivity index is 1.07. The number of pyridine rings is 1. The van der Waals surface area contributed by atoms with Crippen LogP contribution < -0.4 is 20.3 Å². The first kappa shape index (κ1) is 49.0. The van der Waals surface area contributed by atoms with Gasteiger partial charge < -0.3 is 49.3 Å². The standard InChI is InChI=1S/C47H56ClF3N8O8/c1-27-24-57(44(62)46(2,3)4)15-16-58(27)39-12-11-32(22-52-39)42(60)55-35-21-38(67-47(49,50)51)33(20-34(35)48)29-7-9-30(10-8-29)36-23-53-41(54-36)37-19-28(26-64-5)25-59(37)43(61)40(56-45(63)65-6)31-13-17-66-18-14-31/h7-12,20-23,27-28,31,37,40H,13-19,24-26H2,1-6H3,(H,53,54)(H,55,60)(H,56,63)/t27-,28+,37+,40+/m1/s1. The Morgan fingerprint density at radius 2 is 1.67 bits per heavy atom. The highest BCUT2D eigenvalue weighted by Crippen LogP contribution is 2.42. The lowest BCUT2D eigenvalue weighted by Crippen LogP contribution is -2.56. The van der Waals surface area contributed by atoms with Crippen molar-refractivity contribution >= 4 is 46.9 Å². The molecule has 67 heavy (non-hydrogen) atoms. The number of nitrogens with one attached hydrogen (secondary N) is 3. The number of alkyl halides is 3. The van der Waals surface area contributed by atoms with Crippen molar-refractivity contribution in [2.45, 2.75) is 71.4 Å². The molecule has 4 aromatic rings. The first-order chi connectivity index (χ1) is 31.8. The average Bonchev–Trinajstić information content (AvgIpc) is 3.96. The van der Waals surface area contributed by atoms with E-state index in [0.717, 1.165) is 6.07 Å². The van der Waals surface area contributed by atoms with Crippen LogP contribution in [0.25, 0.3) is 22.4 Å². The first-order valence-electron chi connectivity index (χ1n) is 22.1. The smallest absolute Gasteiger partial charge is 0.453 e. The Morgan fingerprint density at radius 3 is 2.30 bits per heavy atom. The van der Waals surface area contributed by atoms with Gasteiger partial charge in [0.25, 0.3) is 5.91 Å². The van der Waals surface area contributed by atoms with E-state index in [1.54, 1.807) is 54.6 Å². The van der Waals surface area contributed by atoms with E-state index in [9.17, 15) is 32.3 Å². The number of aromatic nitrogens is 3. The molecule has 3 aliphatic rings. The van der Waals surface area contributed by atoms with Crippen molar-refractivity contribution in [2.75, 3.05) is 70.4 Å². The van der Waals surface area contributed by atoms with Crippen molar-refractivity contribution in [3.63, 3.8) is 0 Å². The molecular weight excluding hydrogens is 897 g/mol. The number of hydrogen-bond acceptors (Lipinski definition) is 11. The van der Waals surface area contributed by atoms with E-state index in [2.05, 4.69) is 30.3 Å². The van der Waals surface area contributed by atoms with Crippen molar-refractivity contribution in [1.29, 1.82) is 0 Å². The summed E-state index contributed by atoms with van der Waals surface area (Å²) in [5.74, 6) is -0.457. The summed E-state index contributed by atoms with van der Waals surface area (Å²) in [6, 6.07) is 10.8. The highest BCUT2D eigenvalue weighted by Gasteiger charge is 2.43. The number of likely N-dealkylation sites (tertiary alicyclic amines) is 1. The number of alkyl carbamates (subject to hydrolysis) is 1. The van der Waals surface area contributed by atoms with Crippen LogP contribution in [0, 0.1) is 17.3 Å². The van der Waals surface area contributed by atoms with Gasteiger partial charge in [0.2, 0.25) is 11.8 Å². The molecule has 2 aromatic heterocycles. The number of piperazine rings is 1. The molecule has 3 aliphatic heterocycles. The van der Waals surface area contributed by atoms with E-state index >= 15 is 0 Å². The lowest BCUT2D eigenvalue weighted by atomic mass is 9.90. The summed E-state index contributed by atoms with van der Waals surface area (Å²) >= 11 is 6.63. The molecule has 0 unspecified atom stereocenters. The molecule has 20 heteroatoms. The summed E-state index contributed by atoms with van der Waals surface area (Å²) in [6.45, 7) is 11.0. The Hall–Kier alpha value is -5.92. The van der Waals surface area contributed by atoms with Gasteiger partial charge in [-0.2, -0.15) is 0 Å². The zero-order valence-electron chi connectivity index (χ0n) is 38.2. The number of nitrogens with zero attached hydrogens (tertiary/aromatic N) is 5. The summed E-state index contributed by atoms with van der Waals surface area (Å²) < 4.78 is 61.9. The second kappa shape index (κ2) is 20.5. The minimum absolute atomic E-state index is 0.00149. The van der Waals surface area contributed by atoms with Crippen LogP contribution in [0.2, 0.25) is 5.02 Å². The van der Waals surface area contributed by atoms with E-state index in [-0.39, 0.29) is 51.5 Å². The number of H-pyrrole nitrogens is 1. The molecule has 0 saturated carbocycles. The topological polar surface area (TPSA) is 181 Å². The maximum absolute atomic E-state index is 14.3. The van der Waals surface area contributed by atoms with Crippen molar-refractivity contribution in [2.24, 2.45) is 17.3 Å². The van der Waals surface area contributed by atoms with Crippen LogP contribution in [0.1, 0.15) is 69.2 Å². The van der Waals surface area contributed by atoms with Gasteiger partial charge in [0.05, 0.1) is 47.9 Å². The summed E-state index contributed by atoms with van der Waals surface area (Å²) in [5, 5.41) is 5.31. The number of hydrogen-bond donors (Lipinski definition) is 3. The Labute approximate surface area is 391 Å². The predicted octanol–water partition coefficient (Wildman–Crippen LogP) is 7.71. The zero-order valence-corrected chi connectivity index (χ0v) is 39.0. The normalized spacial score (nSPS) is 19.8. The molecule has 16 nitrogen and oxygen atoms in total. The Bertz CT molecular complexity index is 2410. The number of carbonyl (C=O) groups excluding carboxylic acids is 4. The molecule has 4 atom stereocenters. The average molecular weight is 953 g/mol. The van der Waals surface area contributed by atoms with E-state index in [1.807, 2.05) is 37.5 Å².